The number of carbonyl (C=O) groups excluding carboxylic acids is 2. The fourth-order valence-electron chi connectivity index (χ4n) is 2.48. The van der Waals surface area contributed by atoms with Crippen LogP contribution in [0.15, 0.2) is 22.7 Å². The molecule has 0 radical (unpaired) electrons. The number of nitrogens with two attached hydrogens (primary N) is 1. The summed E-state index contributed by atoms with van der Waals surface area (Å²) in [7, 11) is 1.74. The lowest BCUT2D eigenvalue weighted by Crippen LogP contribution is -2.40. The number of halogens is 1. The SMILES string of the molecule is CN1CCC(NC(=O)c2sc3cccc(Br)c3c2N)C1=O. The molecule has 2 amide bonds. The van der Waals surface area contributed by atoms with Crippen LogP contribution in [0.2, 0.25) is 0 Å². The van der Waals surface area contributed by atoms with Gasteiger partial charge in [0.15, 0.2) is 0 Å². The molecule has 7 heteroatoms. The molecule has 110 valence electrons. The molecule has 0 saturated carbocycles. The van der Waals surface area contributed by atoms with E-state index in [1.165, 1.54) is 11.3 Å². The van der Waals surface area contributed by atoms with E-state index in [-0.39, 0.29) is 11.8 Å². The van der Waals surface area contributed by atoms with Crippen molar-refractivity contribution in [3.8, 4) is 0 Å². The Morgan fingerprint density at radius 2 is 2.29 bits per heavy atom. The zero-order valence-corrected chi connectivity index (χ0v) is 13.8. The number of likely N-dealkylation sites (N-methyl/N-ethyl adjacent to an activating group) is 1. The van der Waals surface area contributed by atoms with Crippen molar-refractivity contribution in [3.05, 3.63) is 27.5 Å². The zero-order valence-electron chi connectivity index (χ0n) is 11.4. The number of rotatable bonds is 2. The van der Waals surface area contributed by atoms with Gasteiger partial charge in [-0.1, -0.05) is 22.0 Å². The number of nitrogen functional groups attached to an aromatic ring is 1. The molecule has 1 atom stereocenters. The molecule has 1 aromatic carbocycles. The highest BCUT2D eigenvalue weighted by Crippen LogP contribution is 2.38. The van der Waals surface area contributed by atoms with E-state index in [4.69, 9.17) is 5.73 Å². The second-order valence-electron chi connectivity index (χ2n) is 5.03. The van der Waals surface area contributed by atoms with Crippen molar-refractivity contribution in [2.75, 3.05) is 19.3 Å². The number of thiophene rings is 1. The van der Waals surface area contributed by atoms with Gasteiger partial charge in [0.05, 0.1) is 5.69 Å². The topological polar surface area (TPSA) is 75.4 Å². The number of nitrogens with one attached hydrogen (secondary N) is 1. The van der Waals surface area contributed by atoms with Crippen molar-refractivity contribution in [2.24, 2.45) is 0 Å². The summed E-state index contributed by atoms with van der Waals surface area (Å²) in [6.45, 7) is 0.664. The Bertz CT molecular complexity index is 743. The lowest BCUT2D eigenvalue weighted by molar-refractivity contribution is -0.128. The highest BCUT2D eigenvalue weighted by molar-refractivity contribution is 9.10. The highest BCUT2D eigenvalue weighted by Gasteiger charge is 2.31. The number of benzene rings is 1. The minimum Gasteiger partial charge on any atom is -0.397 e. The quantitative estimate of drug-likeness (QED) is 0.854. The van der Waals surface area contributed by atoms with Crippen LogP contribution in [-0.4, -0.2) is 36.3 Å². The molecular formula is C14H14BrN3O2S. The van der Waals surface area contributed by atoms with E-state index < -0.39 is 6.04 Å². The van der Waals surface area contributed by atoms with Crippen LogP contribution in [0.5, 0.6) is 0 Å². The molecule has 3 rings (SSSR count). The lowest BCUT2D eigenvalue weighted by Gasteiger charge is -2.11. The lowest BCUT2D eigenvalue weighted by atomic mass is 10.2. The molecule has 2 aromatic rings. The third-order valence-corrected chi connectivity index (χ3v) is 5.47. The standard InChI is InChI=1S/C14H14BrN3O2S/c1-18-6-5-8(14(18)20)17-13(19)12-11(16)10-7(15)3-2-4-9(10)21-12/h2-4,8H,5-6,16H2,1H3,(H,17,19). The van der Waals surface area contributed by atoms with Crippen molar-refractivity contribution in [2.45, 2.75) is 12.5 Å². The van der Waals surface area contributed by atoms with Crippen LogP contribution in [0.3, 0.4) is 0 Å². The maximum atomic E-state index is 12.4. The summed E-state index contributed by atoms with van der Waals surface area (Å²) in [5.74, 6) is -0.335. The summed E-state index contributed by atoms with van der Waals surface area (Å²) < 4.78 is 1.81. The molecule has 21 heavy (non-hydrogen) atoms. The van der Waals surface area contributed by atoms with Crippen LogP contribution in [0.4, 0.5) is 5.69 Å². The van der Waals surface area contributed by atoms with Crippen molar-refractivity contribution >= 4 is 54.9 Å². The van der Waals surface area contributed by atoms with E-state index in [2.05, 4.69) is 21.2 Å². The van der Waals surface area contributed by atoms with Crippen LogP contribution < -0.4 is 11.1 Å². The summed E-state index contributed by atoms with van der Waals surface area (Å²) >= 11 is 4.79. The number of anilines is 1. The first-order valence-corrected chi connectivity index (χ1v) is 8.12. The van der Waals surface area contributed by atoms with E-state index in [0.29, 0.717) is 23.5 Å². The van der Waals surface area contributed by atoms with Crippen LogP contribution in [-0.2, 0) is 4.79 Å². The Hall–Kier alpha value is -1.60. The van der Waals surface area contributed by atoms with Crippen molar-refractivity contribution < 1.29 is 9.59 Å². The minimum atomic E-state index is -0.449. The number of likely N-dealkylation sites (tertiary alicyclic amines) is 1. The summed E-state index contributed by atoms with van der Waals surface area (Å²) in [5.41, 5.74) is 6.56. The second kappa shape index (κ2) is 5.31. The second-order valence-corrected chi connectivity index (χ2v) is 6.94. The summed E-state index contributed by atoms with van der Waals surface area (Å²) in [6.07, 6.45) is 0.634. The van der Waals surface area contributed by atoms with Crippen LogP contribution >= 0.6 is 27.3 Å². The van der Waals surface area contributed by atoms with Gasteiger partial charge in [-0.3, -0.25) is 9.59 Å². The normalized spacial score (nSPS) is 18.5. The first-order chi connectivity index (χ1) is 9.99. The largest absolute Gasteiger partial charge is 0.397 e. The minimum absolute atomic E-state index is 0.0517. The summed E-state index contributed by atoms with van der Waals surface area (Å²) in [4.78, 5) is 26.3. The maximum Gasteiger partial charge on any atom is 0.264 e. The Morgan fingerprint density at radius 3 is 2.90 bits per heavy atom. The van der Waals surface area contributed by atoms with Gasteiger partial charge >= 0.3 is 0 Å². The van der Waals surface area contributed by atoms with Gasteiger partial charge in [-0.2, -0.15) is 0 Å². The molecule has 5 nitrogen and oxygen atoms in total. The van der Waals surface area contributed by atoms with E-state index in [1.54, 1.807) is 11.9 Å². The average Bonchev–Trinajstić information content (AvgIpc) is 2.95. The van der Waals surface area contributed by atoms with Gasteiger partial charge in [-0.25, -0.2) is 0 Å². The van der Waals surface area contributed by atoms with Crippen molar-refractivity contribution in [1.82, 2.24) is 10.2 Å². The fraction of sp³-hybridized carbons (Fsp3) is 0.286. The molecule has 1 aliphatic heterocycles. The highest BCUT2D eigenvalue weighted by atomic mass is 79.9. The van der Waals surface area contributed by atoms with E-state index in [9.17, 15) is 9.59 Å². The zero-order chi connectivity index (χ0) is 15.1. The molecule has 0 spiro atoms. The summed E-state index contributed by atoms with van der Waals surface area (Å²) in [5, 5.41) is 3.63. The van der Waals surface area contributed by atoms with Gasteiger partial charge in [0.25, 0.3) is 5.91 Å². The molecule has 3 N–H and O–H groups in total. The predicted octanol–water partition coefficient (Wildman–Crippen LogP) is 2.21. The third kappa shape index (κ3) is 2.40. The van der Waals surface area contributed by atoms with Crippen molar-refractivity contribution in [1.29, 1.82) is 0 Å². The number of carbonyl (C=O) groups is 2. The van der Waals surface area contributed by atoms with Crippen LogP contribution in [0.1, 0.15) is 16.1 Å². The Morgan fingerprint density at radius 1 is 1.52 bits per heavy atom. The number of fused-ring (bicyclic) bond motifs is 1. The predicted molar refractivity (Wildman–Crippen MR) is 87.4 cm³/mol. The van der Waals surface area contributed by atoms with Gasteiger partial charge in [0.1, 0.15) is 10.9 Å². The number of hydrogen-bond donors (Lipinski definition) is 2. The first kappa shape index (κ1) is 14.3. The fourth-order valence-corrected chi connectivity index (χ4v) is 4.24. The van der Waals surface area contributed by atoms with Gasteiger partial charge in [-0.15, -0.1) is 11.3 Å². The van der Waals surface area contributed by atoms with E-state index in [1.807, 2.05) is 18.2 Å². The Labute approximate surface area is 134 Å². The van der Waals surface area contributed by atoms with Crippen LogP contribution in [0, 0.1) is 0 Å². The van der Waals surface area contributed by atoms with Crippen molar-refractivity contribution in [3.63, 3.8) is 0 Å². The summed E-state index contributed by atoms with van der Waals surface area (Å²) in [6, 6.07) is 5.27. The maximum absolute atomic E-state index is 12.4. The van der Waals surface area contributed by atoms with Gasteiger partial charge in [0.2, 0.25) is 5.91 Å². The molecule has 1 unspecified atom stereocenters. The molecular weight excluding hydrogens is 354 g/mol. The molecule has 1 aliphatic rings. The average molecular weight is 368 g/mol. The molecule has 0 bridgehead atoms. The smallest absolute Gasteiger partial charge is 0.264 e. The number of amides is 2. The molecule has 0 aliphatic carbocycles. The molecule has 1 aromatic heterocycles. The molecule has 1 saturated heterocycles. The van der Waals surface area contributed by atoms with Gasteiger partial charge < -0.3 is 16.0 Å². The number of nitrogens with zero attached hydrogens (tertiary/aromatic N) is 1. The molecule has 1 fully saturated rings. The molecule has 2 heterocycles. The monoisotopic (exact) mass is 367 g/mol. The first-order valence-electron chi connectivity index (χ1n) is 6.51. The van der Waals surface area contributed by atoms with Gasteiger partial charge in [0, 0.05) is 28.2 Å². The third-order valence-electron chi connectivity index (χ3n) is 3.64. The van der Waals surface area contributed by atoms with E-state index >= 15 is 0 Å². The van der Waals surface area contributed by atoms with Crippen LogP contribution in [0.25, 0.3) is 10.1 Å². The Kier molecular flexibility index (Phi) is 3.62. The Balaban J connectivity index is 1.90. The number of hydrogen-bond acceptors (Lipinski definition) is 4. The van der Waals surface area contributed by atoms with E-state index in [0.717, 1.165) is 14.6 Å². The van der Waals surface area contributed by atoms with Gasteiger partial charge in [-0.05, 0) is 18.6 Å².